The van der Waals surface area contributed by atoms with E-state index in [9.17, 15) is 8.78 Å². The average Bonchev–Trinajstić information content (AvgIpc) is 2.93. The molecule has 1 aliphatic heterocycles. The van der Waals surface area contributed by atoms with Gasteiger partial charge in [0.05, 0.1) is 11.3 Å². The standard InChI is InChI=1S/C14H14F2N2/c15-13-9(6-17)4-5-12(14(13)16)18-7-10-2-1-3-11(10)8-18/h4-5,10-11H,1-3,7-8H2. The molecule has 4 heteroatoms. The molecule has 0 bridgehead atoms. The number of benzene rings is 1. The van der Waals surface area contributed by atoms with Crippen LogP contribution < -0.4 is 4.90 Å². The summed E-state index contributed by atoms with van der Waals surface area (Å²) in [6, 6.07) is 4.55. The van der Waals surface area contributed by atoms with Crippen molar-refractivity contribution in [1.29, 1.82) is 5.26 Å². The summed E-state index contributed by atoms with van der Waals surface area (Å²) in [6.45, 7) is 1.62. The molecule has 94 valence electrons. The number of anilines is 1. The summed E-state index contributed by atoms with van der Waals surface area (Å²) in [5.41, 5.74) is 0.0801. The maximum Gasteiger partial charge on any atom is 0.183 e. The minimum atomic E-state index is -1.02. The molecule has 1 aliphatic carbocycles. The third kappa shape index (κ3) is 1.66. The summed E-state index contributed by atoms with van der Waals surface area (Å²) in [5.74, 6) is -0.646. The van der Waals surface area contributed by atoms with Gasteiger partial charge in [-0.15, -0.1) is 0 Å². The Morgan fingerprint density at radius 1 is 1.11 bits per heavy atom. The van der Waals surface area contributed by atoms with Gasteiger partial charge in [-0.3, -0.25) is 0 Å². The van der Waals surface area contributed by atoms with Gasteiger partial charge in [0.15, 0.2) is 11.6 Å². The van der Waals surface area contributed by atoms with Gasteiger partial charge in [-0.1, -0.05) is 6.42 Å². The van der Waals surface area contributed by atoms with Crippen LogP contribution in [-0.4, -0.2) is 13.1 Å². The Hall–Kier alpha value is -1.63. The molecule has 2 aliphatic rings. The smallest absolute Gasteiger partial charge is 0.183 e. The molecule has 18 heavy (non-hydrogen) atoms. The van der Waals surface area contributed by atoms with E-state index in [1.165, 1.54) is 31.4 Å². The molecule has 0 amide bonds. The molecular formula is C14H14F2N2. The van der Waals surface area contributed by atoms with Crippen LogP contribution in [0.25, 0.3) is 0 Å². The summed E-state index contributed by atoms with van der Waals surface area (Å²) in [4.78, 5) is 1.92. The Labute approximate surface area is 105 Å². The highest BCUT2D eigenvalue weighted by molar-refractivity contribution is 5.53. The Kier molecular flexibility index (Phi) is 2.70. The topological polar surface area (TPSA) is 27.0 Å². The highest BCUT2D eigenvalue weighted by Gasteiger charge is 2.37. The van der Waals surface area contributed by atoms with Crippen LogP contribution in [0.15, 0.2) is 12.1 Å². The highest BCUT2D eigenvalue weighted by atomic mass is 19.2. The lowest BCUT2D eigenvalue weighted by Crippen LogP contribution is -2.22. The summed E-state index contributed by atoms with van der Waals surface area (Å²) >= 11 is 0. The summed E-state index contributed by atoms with van der Waals surface area (Å²) in [6.07, 6.45) is 3.65. The molecule has 2 unspecified atom stereocenters. The minimum absolute atomic E-state index is 0.226. The maximum absolute atomic E-state index is 13.9. The SMILES string of the molecule is N#Cc1ccc(N2CC3CCCC3C2)c(F)c1F. The third-order valence-electron chi connectivity index (χ3n) is 4.25. The normalized spacial score (nSPS) is 26.2. The van der Waals surface area contributed by atoms with Gasteiger partial charge in [-0.25, -0.2) is 8.78 Å². The van der Waals surface area contributed by atoms with Crippen LogP contribution in [0.4, 0.5) is 14.5 Å². The summed E-state index contributed by atoms with van der Waals surface area (Å²) in [7, 11) is 0. The lowest BCUT2D eigenvalue weighted by molar-refractivity contribution is 0.494. The minimum Gasteiger partial charge on any atom is -0.369 e. The van der Waals surface area contributed by atoms with E-state index < -0.39 is 11.6 Å². The predicted octanol–water partition coefficient (Wildman–Crippen LogP) is 3.07. The van der Waals surface area contributed by atoms with Gasteiger partial charge >= 0.3 is 0 Å². The molecule has 2 nitrogen and oxygen atoms in total. The molecule has 0 spiro atoms. The van der Waals surface area contributed by atoms with E-state index >= 15 is 0 Å². The molecular weight excluding hydrogens is 234 g/mol. The van der Waals surface area contributed by atoms with Crippen molar-refractivity contribution in [2.45, 2.75) is 19.3 Å². The second-order valence-corrected chi connectivity index (χ2v) is 5.23. The van der Waals surface area contributed by atoms with Crippen molar-refractivity contribution in [2.24, 2.45) is 11.8 Å². The fourth-order valence-electron chi connectivity index (χ4n) is 3.30. The van der Waals surface area contributed by atoms with Crippen molar-refractivity contribution in [2.75, 3.05) is 18.0 Å². The van der Waals surface area contributed by atoms with Gasteiger partial charge in [-0.2, -0.15) is 5.26 Å². The molecule has 0 aromatic heterocycles. The quantitative estimate of drug-likeness (QED) is 0.763. The zero-order chi connectivity index (χ0) is 12.7. The number of hydrogen-bond acceptors (Lipinski definition) is 2. The van der Waals surface area contributed by atoms with Crippen LogP contribution in [0, 0.1) is 34.8 Å². The van der Waals surface area contributed by atoms with Gasteiger partial charge in [0.1, 0.15) is 6.07 Å². The van der Waals surface area contributed by atoms with Crippen LogP contribution in [0.2, 0.25) is 0 Å². The third-order valence-corrected chi connectivity index (χ3v) is 4.25. The van der Waals surface area contributed by atoms with Gasteiger partial charge in [0, 0.05) is 13.1 Å². The largest absolute Gasteiger partial charge is 0.369 e. The average molecular weight is 248 g/mol. The monoisotopic (exact) mass is 248 g/mol. The lowest BCUT2D eigenvalue weighted by Gasteiger charge is -2.20. The first kappa shape index (κ1) is 11.5. The molecule has 1 saturated carbocycles. The van der Waals surface area contributed by atoms with E-state index in [2.05, 4.69) is 0 Å². The number of fused-ring (bicyclic) bond motifs is 1. The number of nitrogens with zero attached hydrogens (tertiary/aromatic N) is 2. The van der Waals surface area contributed by atoms with E-state index in [4.69, 9.17) is 5.26 Å². The van der Waals surface area contributed by atoms with Gasteiger partial charge < -0.3 is 4.90 Å². The number of rotatable bonds is 1. The van der Waals surface area contributed by atoms with E-state index in [1.54, 1.807) is 6.07 Å². The zero-order valence-electron chi connectivity index (χ0n) is 10.00. The van der Waals surface area contributed by atoms with Crippen molar-refractivity contribution in [3.05, 3.63) is 29.3 Å². The van der Waals surface area contributed by atoms with Crippen molar-refractivity contribution in [3.63, 3.8) is 0 Å². The van der Waals surface area contributed by atoms with Crippen LogP contribution in [-0.2, 0) is 0 Å². The maximum atomic E-state index is 13.9. The second kappa shape index (κ2) is 4.24. The molecule has 1 aromatic carbocycles. The number of nitriles is 1. The Morgan fingerprint density at radius 3 is 2.39 bits per heavy atom. The number of hydrogen-bond donors (Lipinski definition) is 0. The molecule has 3 rings (SSSR count). The fraction of sp³-hybridized carbons (Fsp3) is 0.500. The fourth-order valence-corrected chi connectivity index (χ4v) is 3.30. The van der Waals surface area contributed by atoms with Crippen LogP contribution in [0.3, 0.4) is 0 Å². The lowest BCUT2D eigenvalue weighted by atomic mass is 10.0. The molecule has 1 saturated heterocycles. The van der Waals surface area contributed by atoms with Crippen LogP contribution in [0.5, 0.6) is 0 Å². The molecule has 0 N–H and O–H groups in total. The van der Waals surface area contributed by atoms with Crippen molar-refractivity contribution in [1.82, 2.24) is 0 Å². The van der Waals surface area contributed by atoms with E-state index in [0.717, 1.165) is 13.1 Å². The van der Waals surface area contributed by atoms with E-state index in [1.807, 2.05) is 4.90 Å². The Bertz CT molecular complexity index is 509. The van der Waals surface area contributed by atoms with Gasteiger partial charge in [-0.05, 0) is 36.8 Å². The molecule has 0 radical (unpaired) electrons. The van der Waals surface area contributed by atoms with Crippen LogP contribution >= 0.6 is 0 Å². The molecule has 1 aromatic rings. The molecule has 1 heterocycles. The van der Waals surface area contributed by atoms with Crippen molar-refractivity contribution in [3.8, 4) is 6.07 Å². The zero-order valence-corrected chi connectivity index (χ0v) is 10.00. The van der Waals surface area contributed by atoms with E-state index in [0.29, 0.717) is 17.5 Å². The highest BCUT2D eigenvalue weighted by Crippen LogP contribution is 2.40. The van der Waals surface area contributed by atoms with Crippen molar-refractivity contribution < 1.29 is 8.78 Å². The number of halogens is 2. The first-order chi connectivity index (χ1) is 8.70. The first-order valence-electron chi connectivity index (χ1n) is 6.33. The Morgan fingerprint density at radius 2 is 1.78 bits per heavy atom. The molecule has 2 atom stereocenters. The summed E-state index contributed by atoms with van der Waals surface area (Å²) in [5, 5.41) is 8.66. The summed E-state index contributed by atoms with van der Waals surface area (Å²) < 4.78 is 27.5. The second-order valence-electron chi connectivity index (χ2n) is 5.23. The van der Waals surface area contributed by atoms with E-state index in [-0.39, 0.29) is 5.56 Å². The first-order valence-corrected chi connectivity index (χ1v) is 6.33. The van der Waals surface area contributed by atoms with Gasteiger partial charge in [0.25, 0.3) is 0 Å². The predicted molar refractivity (Wildman–Crippen MR) is 64.1 cm³/mol. The molecule has 2 fully saturated rings. The Balaban J connectivity index is 1.90. The van der Waals surface area contributed by atoms with Crippen LogP contribution in [0.1, 0.15) is 24.8 Å². The van der Waals surface area contributed by atoms with Crippen molar-refractivity contribution >= 4 is 5.69 Å². The van der Waals surface area contributed by atoms with Gasteiger partial charge in [0.2, 0.25) is 0 Å².